The summed E-state index contributed by atoms with van der Waals surface area (Å²) in [7, 11) is -3.39. The number of hydrogen-bond donors (Lipinski definition) is 1. The van der Waals surface area contributed by atoms with Crippen molar-refractivity contribution >= 4 is 10.0 Å². The first-order valence-electron chi connectivity index (χ1n) is 3.36. The number of nitrogens with one attached hydrogen (secondary N) is 1. The van der Waals surface area contributed by atoms with Gasteiger partial charge in [-0.3, -0.25) is 4.98 Å². The zero-order chi connectivity index (χ0) is 9.03. The van der Waals surface area contributed by atoms with Crippen molar-refractivity contribution in [1.82, 2.24) is 9.71 Å². The van der Waals surface area contributed by atoms with Gasteiger partial charge in [-0.05, 0) is 19.1 Å². The Morgan fingerprint density at radius 1 is 1.58 bits per heavy atom. The average molecular weight is 185 g/mol. The second kappa shape index (κ2) is 3.64. The van der Waals surface area contributed by atoms with Crippen LogP contribution in [0.2, 0.25) is 0 Å². The lowest BCUT2D eigenvalue weighted by Crippen LogP contribution is -2.23. The second-order valence-electron chi connectivity index (χ2n) is 2.09. The van der Waals surface area contributed by atoms with Crippen LogP contribution in [0.5, 0.6) is 0 Å². The first-order valence-corrected chi connectivity index (χ1v) is 4.84. The van der Waals surface area contributed by atoms with Crippen LogP contribution in [0.3, 0.4) is 0 Å². The Kier molecular flexibility index (Phi) is 2.78. The quantitative estimate of drug-likeness (QED) is 0.731. The van der Waals surface area contributed by atoms with Crippen LogP contribution in [0.1, 0.15) is 0 Å². The van der Waals surface area contributed by atoms with Crippen molar-refractivity contribution in [2.45, 2.75) is 4.90 Å². The minimum absolute atomic E-state index is 0.136. The molecule has 1 N–H and O–H groups in total. The van der Waals surface area contributed by atoms with E-state index < -0.39 is 10.0 Å². The monoisotopic (exact) mass is 185 g/mol. The predicted molar refractivity (Wildman–Crippen MR) is 44.8 cm³/mol. The molecule has 0 bridgehead atoms. The van der Waals surface area contributed by atoms with Gasteiger partial charge in [0.15, 0.2) is 0 Å². The van der Waals surface area contributed by atoms with Crippen LogP contribution >= 0.6 is 0 Å². The van der Waals surface area contributed by atoms with Crippen LogP contribution in [0.15, 0.2) is 29.4 Å². The number of rotatable bonds is 3. The van der Waals surface area contributed by atoms with E-state index >= 15 is 0 Å². The summed E-state index contributed by atoms with van der Waals surface area (Å²) in [5, 5.41) is 0. The smallest absolute Gasteiger partial charge is 0.242 e. The molecule has 1 heterocycles. The van der Waals surface area contributed by atoms with Crippen molar-refractivity contribution in [2.75, 3.05) is 6.54 Å². The van der Waals surface area contributed by atoms with Crippen molar-refractivity contribution in [3.63, 3.8) is 0 Å². The Balaban J connectivity index is 2.99. The maximum atomic E-state index is 11.2. The highest BCUT2D eigenvalue weighted by atomic mass is 32.2. The van der Waals surface area contributed by atoms with Crippen LogP contribution in [-0.4, -0.2) is 19.9 Å². The molecule has 0 aliphatic carbocycles. The lowest BCUT2D eigenvalue weighted by molar-refractivity contribution is 0.585. The van der Waals surface area contributed by atoms with Crippen LogP contribution < -0.4 is 4.72 Å². The van der Waals surface area contributed by atoms with Gasteiger partial charge in [-0.1, -0.05) is 0 Å². The van der Waals surface area contributed by atoms with Crippen molar-refractivity contribution in [1.29, 1.82) is 0 Å². The average Bonchev–Trinajstić information content (AvgIpc) is 2.06. The molecule has 0 saturated carbocycles. The molecule has 5 heteroatoms. The van der Waals surface area contributed by atoms with Crippen LogP contribution in [-0.2, 0) is 10.0 Å². The molecule has 0 spiro atoms. The standard InChI is InChI=1S/C7H9N2O2S/c1-2-9-12(10,11)7-4-3-5-8-6-7/h3-6,9H,1-2H2. The fourth-order valence-corrected chi connectivity index (χ4v) is 1.62. The Hall–Kier alpha value is -0.940. The Morgan fingerprint density at radius 3 is 2.83 bits per heavy atom. The van der Waals surface area contributed by atoms with Crippen molar-refractivity contribution in [3.05, 3.63) is 31.5 Å². The summed E-state index contributed by atoms with van der Waals surface area (Å²) in [4.78, 5) is 3.85. The first-order chi connectivity index (χ1) is 5.67. The number of pyridine rings is 1. The van der Waals surface area contributed by atoms with Gasteiger partial charge in [-0.25, -0.2) is 13.1 Å². The molecule has 1 aromatic heterocycles. The molecule has 0 saturated heterocycles. The van der Waals surface area contributed by atoms with Crippen LogP contribution in [0.25, 0.3) is 0 Å². The van der Waals surface area contributed by atoms with E-state index in [0.717, 1.165) is 0 Å². The number of nitrogens with zero attached hydrogens (tertiary/aromatic N) is 1. The van der Waals surface area contributed by atoms with Crippen LogP contribution in [0, 0.1) is 6.92 Å². The Bertz CT molecular complexity index is 334. The van der Waals surface area contributed by atoms with Crippen molar-refractivity contribution in [3.8, 4) is 0 Å². The molecule has 0 amide bonds. The van der Waals surface area contributed by atoms with E-state index in [-0.39, 0.29) is 11.4 Å². The molecular formula is C7H9N2O2S. The molecule has 12 heavy (non-hydrogen) atoms. The second-order valence-corrected chi connectivity index (χ2v) is 3.85. The van der Waals surface area contributed by atoms with Gasteiger partial charge in [-0.2, -0.15) is 0 Å². The topological polar surface area (TPSA) is 59.1 Å². The molecule has 1 radical (unpaired) electrons. The van der Waals surface area contributed by atoms with E-state index in [2.05, 4.69) is 16.6 Å². The Labute approximate surface area is 71.7 Å². The molecule has 4 nitrogen and oxygen atoms in total. The summed E-state index contributed by atoms with van der Waals surface area (Å²) in [6.07, 6.45) is 2.81. The van der Waals surface area contributed by atoms with E-state index in [1.165, 1.54) is 18.5 Å². The number of hydrogen-bond acceptors (Lipinski definition) is 3. The van der Waals surface area contributed by atoms with E-state index in [0.29, 0.717) is 0 Å². The molecule has 0 aromatic carbocycles. The molecule has 0 atom stereocenters. The number of sulfonamides is 1. The molecular weight excluding hydrogens is 176 g/mol. The molecule has 0 aliphatic rings. The van der Waals surface area contributed by atoms with Gasteiger partial charge in [0.2, 0.25) is 10.0 Å². The third kappa shape index (κ3) is 2.02. The summed E-state index contributed by atoms with van der Waals surface area (Å²) in [5.74, 6) is 0. The summed E-state index contributed by atoms with van der Waals surface area (Å²) < 4.78 is 24.7. The summed E-state index contributed by atoms with van der Waals surface area (Å²) in [5.41, 5.74) is 0. The van der Waals surface area contributed by atoms with Crippen molar-refractivity contribution in [2.24, 2.45) is 0 Å². The Morgan fingerprint density at radius 2 is 2.33 bits per heavy atom. The fourth-order valence-electron chi connectivity index (χ4n) is 0.724. The lowest BCUT2D eigenvalue weighted by atomic mass is 10.5. The fraction of sp³-hybridized carbons (Fsp3) is 0.143. The van der Waals surface area contributed by atoms with E-state index in [1.54, 1.807) is 6.07 Å². The van der Waals surface area contributed by atoms with Gasteiger partial charge in [0.05, 0.1) is 0 Å². The molecule has 0 unspecified atom stereocenters. The summed E-state index contributed by atoms with van der Waals surface area (Å²) >= 11 is 0. The summed E-state index contributed by atoms with van der Waals surface area (Å²) in [6.45, 7) is 3.52. The number of aromatic nitrogens is 1. The minimum atomic E-state index is -3.39. The highest BCUT2D eigenvalue weighted by Gasteiger charge is 2.10. The van der Waals surface area contributed by atoms with E-state index in [4.69, 9.17) is 0 Å². The van der Waals surface area contributed by atoms with E-state index in [1.807, 2.05) is 0 Å². The minimum Gasteiger partial charge on any atom is -0.263 e. The van der Waals surface area contributed by atoms with Gasteiger partial charge in [0.1, 0.15) is 4.90 Å². The lowest BCUT2D eigenvalue weighted by Gasteiger charge is -2.01. The summed E-state index contributed by atoms with van der Waals surface area (Å²) in [6, 6.07) is 3.04. The van der Waals surface area contributed by atoms with Crippen molar-refractivity contribution < 1.29 is 8.42 Å². The maximum absolute atomic E-state index is 11.2. The van der Waals surface area contributed by atoms with Crippen LogP contribution in [0.4, 0.5) is 0 Å². The van der Waals surface area contributed by atoms with Gasteiger partial charge in [0.25, 0.3) is 0 Å². The zero-order valence-corrected chi connectivity index (χ0v) is 7.21. The third-order valence-corrected chi connectivity index (χ3v) is 2.68. The zero-order valence-electron chi connectivity index (χ0n) is 6.40. The predicted octanol–water partition coefficient (Wildman–Crippen LogP) is 0.194. The highest BCUT2D eigenvalue weighted by molar-refractivity contribution is 7.89. The van der Waals surface area contributed by atoms with Gasteiger partial charge < -0.3 is 0 Å². The largest absolute Gasteiger partial charge is 0.263 e. The van der Waals surface area contributed by atoms with Gasteiger partial charge >= 0.3 is 0 Å². The molecule has 0 fully saturated rings. The molecule has 0 aliphatic heterocycles. The van der Waals surface area contributed by atoms with E-state index in [9.17, 15) is 8.42 Å². The molecule has 65 valence electrons. The SMILES string of the molecule is [CH2]CNS(=O)(=O)c1cccnc1. The maximum Gasteiger partial charge on any atom is 0.242 e. The first kappa shape index (κ1) is 9.15. The van der Waals surface area contributed by atoms with Gasteiger partial charge in [0, 0.05) is 18.9 Å². The third-order valence-electron chi connectivity index (χ3n) is 1.24. The normalized spacial score (nSPS) is 11.4. The van der Waals surface area contributed by atoms with Gasteiger partial charge in [-0.15, -0.1) is 0 Å². The molecule has 1 aromatic rings. The highest BCUT2D eigenvalue weighted by Crippen LogP contribution is 2.03. The molecule has 1 rings (SSSR count).